The molecule has 5 heteroatoms. The first-order valence-electron chi connectivity index (χ1n) is 2.58. The second kappa shape index (κ2) is 8.65. The van der Waals surface area contributed by atoms with Gasteiger partial charge in [0.05, 0.1) is 6.33 Å². The highest BCUT2D eigenvalue weighted by Crippen LogP contribution is 1.98. The highest BCUT2D eigenvalue weighted by molar-refractivity contribution is 5.86. The van der Waals surface area contributed by atoms with Crippen molar-refractivity contribution >= 4 is 42.9 Å². The highest BCUT2D eigenvalue weighted by atomic mass is 35.5. The van der Waals surface area contributed by atoms with Crippen LogP contribution in [0.1, 0.15) is 0 Å². The van der Waals surface area contributed by atoms with Crippen molar-refractivity contribution in [3.05, 3.63) is 38.0 Å². The van der Waals surface area contributed by atoms with Gasteiger partial charge in [-0.2, -0.15) is 0 Å². The minimum absolute atomic E-state index is 0. The van der Waals surface area contributed by atoms with Gasteiger partial charge in [0.1, 0.15) is 0 Å². The van der Waals surface area contributed by atoms with E-state index in [4.69, 9.17) is 6.58 Å². The minimum Gasteiger partial charge on any atom is -0.306 e. The van der Waals surface area contributed by atoms with E-state index in [-0.39, 0.29) is 37.2 Å². The maximum atomic E-state index is 5.46. The number of aromatic nitrogens is 2. The summed E-state index contributed by atoms with van der Waals surface area (Å²) in [6.07, 6.45) is 6.62. The monoisotopic (exact) mass is 227 g/mol. The number of hydrogen-bond donors (Lipinski definition) is 0. The van der Waals surface area contributed by atoms with E-state index in [9.17, 15) is 0 Å². The summed E-state index contributed by atoms with van der Waals surface area (Å²) >= 11 is 0. The molecule has 2 nitrogen and oxygen atoms in total. The van der Waals surface area contributed by atoms with Crippen molar-refractivity contribution < 1.29 is 0 Å². The van der Waals surface area contributed by atoms with Crippen LogP contribution in [-0.4, -0.2) is 9.55 Å². The van der Waals surface area contributed by atoms with E-state index in [1.807, 2.05) is 0 Å². The minimum atomic E-state index is 0. The lowest BCUT2D eigenvalue weighted by molar-refractivity contribution is 1.10. The van der Waals surface area contributed by atoms with Gasteiger partial charge in [-0.3, -0.25) is 0 Å². The molecule has 12 heavy (non-hydrogen) atoms. The maximum Gasteiger partial charge on any atom is 0.0991 e. The molecule has 1 radical (unpaired) electrons. The van der Waals surface area contributed by atoms with Crippen molar-refractivity contribution in [2.24, 2.45) is 0 Å². The third-order valence-electron chi connectivity index (χ3n) is 1.01. The molecule has 0 aliphatic rings. The van der Waals surface area contributed by atoms with Gasteiger partial charge in [-0.25, -0.2) is 4.98 Å². The molecule has 0 aromatic carbocycles. The summed E-state index contributed by atoms with van der Waals surface area (Å²) < 4.78 is 1.69. The molecule has 0 unspecified atom stereocenters. The first kappa shape index (κ1) is 17.6. The summed E-state index contributed by atoms with van der Waals surface area (Å²) in [5.41, 5.74) is 0.590. The van der Waals surface area contributed by atoms with E-state index in [0.29, 0.717) is 5.70 Å². The molecule has 1 aromatic heterocycles. The Morgan fingerprint density at radius 2 is 2.00 bits per heavy atom. The number of allylic oxidation sites excluding steroid dienone is 2. The molecule has 0 N–H and O–H groups in total. The van der Waals surface area contributed by atoms with E-state index in [0.717, 1.165) is 0 Å². The second-order valence-corrected chi connectivity index (χ2v) is 1.60. The van der Waals surface area contributed by atoms with E-state index >= 15 is 0 Å². The fourth-order valence-corrected chi connectivity index (χ4v) is 0.517. The van der Waals surface area contributed by atoms with Crippen LogP contribution in [0.2, 0.25) is 0 Å². The Hall–Kier alpha value is -0.440. The van der Waals surface area contributed by atoms with Crippen molar-refractivity contribution in [1.29, 1.82) is 0 Å². The van der Waals surface area contributed by atoms with Crippen LogP contribution in [0.3, 0.4) is 0 Å². The van der Waals surface area contributed by atoms with Gasteiger partial charge in [0.2, 0.25) is 0 Å². The van der Waals surface area contributed by atoms with Gasteiger partial charge in [0.15, 0.2) is 0 Å². The standard InChI is InChI=1S/C7H7N2.3ClH/c1-3-7(2)9-5-4-8-6-9;;;/h2-6H,1H2;3*1H. The Balaban J connectivity index is -0.000000270. The summed E-state index contributed by atoms with van der Waals surface area (Å²) in [7, 11) is 0. The van der Waals surface area contributed by atoms with Crippen molar-refractivity contribution in [3.8, 4) is 0 Å². The predicted octanol–water partition coefficient (Wildman–Crippen LogP) is 2.61. The smallest absolute Gasteiger partial charge is 0.0991 e. The van der Waals surface area contributed by atoms with Gasteiger partial charge >= 0.3 is 0 Å². The molecule has 0 atom stereocenters. The Morgan fingerprint density at radius 3 is 2.33 bits per heavy atom. The van der Waals surface area contributed by atoms with Gasteiger partial charge in [0.25, 0.3) is 0 Å². The number of hydrogen-bond acceptors (Lipinski definition) is 1. The van der Waals surface area contributed by atoms with E-state index in [1.54, 1.807) is 29.4 Å². The zero-order valence-electron chi connectivity index (χ0n) is 6.21. The van der Waals surface area contributed by atoms with Crippen LogP contribution in [0, 0.1) is 6.58 Å². The molecular weight excluding hydrogens is 218 g/mol. The van der Waals surface area contributed by atoms with Gasteiger partial charge in [0, 0.05) is 18.1 Å². The van der Waals surface area contributed by atoms with Gasteiger partial charge in [-0.1, -0.05) is 6.58 Å². The quantitative estimate of drug-likeness (QED) is 0.712. The van der Waals surface area contributed by atoms with Gasteiger partial charge in [-0.15, -0.1) is 37.2 Å². The number of halogens is 3. The summed E-state index contributed by atoms with van der Waals surface area (Å²) in [6, 6.07) is 0. The van der Waals surface area contributed by atoms with E-state index < -0.39 is 0 Å². The first-order valence-corrected chi connectivity index (χ1v) is 2.58. The first-order chi connectivity index (χ1) is 4.34. The highest BCUT2D eigenvalue weighted by Gasteiger charge is 1.86. The van der Waals surface area contributed by atoms with Crippen molar-refractivity contribution in [2.45, 2.75) is 0 Å². The molecule has 0 bridgehead atoms. The molecule has 1 aromatic rings. The van der Waals surface area contributed by atoms with Crippen LogP contribution >= 0.6 is 37.2 Å². The van der Waals surface area contributed by atoms with Crippen LogP contribution in [0.5, 0.6) is 0 Å². The number of nitrogens with zero attached hydrogens (tertiary/aromatic N) is 2. The van der Waals surface area contributed by atoms with E-state index in [2.05, 4.69) is 11.6 Å². The lowest BCUT2D eigenvalue weighted by Gasteiger charge is -1.95. The van der Waals surface area contributed by atoms with Gasteiger partial charge < -0.3 is 4.57 Å². The van der Waals surface area contributed by atoms with Crippen molar-refractivity contribution in [3.63, 3.8) is 0 Å². The number of rotatable bonds is 2. The summed E-state index contributed by atoms with van der Waals surface area (Å²) in [6.45, 7) is 8.97. The second-order valence-electron chi connectivity index (χ2n) is 1.60. The van der Waals surface area contributed by atoms with Crippen LogP contribution in [0.15, 0.2) is 31.4 Å². The number of imidazole rings is 1. The average molecular weight is 229 g/mol. The zero-order chi connectivity index (χ0) is 6.69. The summed E-state index contributed by atoms with van der Waals surface area (Å²) in [5, 5.41) is 0. The molecule has 0 amide bonds. The maximum absolute atomic E-state index is 5.46. The average Bonchev–Trinajstić information content (AvgIpc) is 2.37. The largest absolute Gasteiger partial charge is 0.306 e. The lowest BCUT2D eigenvalue weighted by atomic mass is 10.5. The topological polar surface area (TPSA) is 17.8 Å². The Kier molecular flexibility index (Phi) is 12.7. The molecule has 69 valence electrons. The molecule has 0 fully saturated rings. The lowest BCUT2D eigenvalue weighted by Crippen LogP contribution is -1.86. The normalized spacial score (nSPS) is 6.67. The van der Waals surface area contributed by atoms with Crippen LogP contribution in [0.4, 0.5) is 0 Å². The predicted molar refractivity (Wildman–Crippen MR) is 58.2 cm³/mol. The molecular formula is C7H10Cl3N2. The van der Waals surface area contributed by atoms with Crippen molar-refractivity contribution in [2.75, 3.05) is 0 Å². The SMILES string of the molecule is Cl.Cl.Cl.[CH]=C(C=C)n1ccnc1. The summed E-state index contributed by atoms with van der Waals surface area (Å²) in [5.74, 6) is 0. The molecule has 0 saturated heterocycles. The fourth-order valence-electron chi connectivity index (χ4n) is 0.517. The Bertz CT molecular complexity index is 219. The van der Waals surface area contributed by atoms with Crippen LogP contribution < -0.4 is 0 Å². The molecule has 0 saturated carbocycles. The molecule has 0 aliphatic heterocycles. The summed E-state index contributed by atoms with van der Waals surface area (Å²) in [4.78, 5) is 3.81. The Morgan fingerprint density at radius 1 is 1.42 bits per heavy atom. The van der Waals surface area contributed by atoms with Gasteiger partial charge in [-0.05, 0) is 12.7 Å². The Labute approximate surface area is 90.6 Å². The fraction of sp³-hybridized carbons (Fsp3) is 0. The third kappa shape index (κ3) is 4.44. The van der Waals surface area contributed by atoms with Crippen LogP contribution in [0.25, 0.3) is 5.70 Å². The van der Waals surface area contributed by atoms with Crippen LogP contribution in [-0.2, 0) is 0 Å². The molecule has 1 rings (SSSR count). The third-order valence-corrected chi connectivity index (χ3v) is 1.01. The molecule has 0 spiro atoms. The van der Waals surface area contributed by atoms with Crippen molar-refractivity contribution in [1.82, 2.24) is 9.55 Å². The zero-order valence-corrected chi connectivity index (χ0v) is 8.66. The molecule has 0 aliphatic carbocycles. The van der Waals surface area contributed by atoms with E-state index in [1.165, 1.54) is 0 Å². The molecule has 1 heterocycles.